The quantitative estimate of drug-likeness (QED) is 0.0324. The van der Waals surface area contributed by atoms with Crippen LogP contribution in [-0.2, 0) is 45.6 Å². The van der Waals surface area contributed by atoms with E-state index in [9.17, 15) is 68.3 Å². The van der Waals surface area contributed by atoms with Crippen molar-refractivity contribution in [1.29, 1.82) is 0 Å². The third kappa shape index (κ3) is 21.1. The maximum atomic E-state index is 15.3. The van der Waals surface area contributed by atoms with E-state index in [1.165, 1.54) is 85.6 Å². The highest BCUT2D eigenvalue weighted by Gasteiger charge is 2.47. The first-order chi connectivity index (χ1) is 63.2. The molecule has 3 fully saturated rings. The SMILES string of the molecule is COc1cc(C(=O)NC2CCN(C)CC2)c(F)cc1Nc1ncc(C(F)(F)F)c(Oc2cccc3c2C(=O)N(C)C3(C)C)n1.COc1cc(C(=O)N[C@@H]2CCN(C)C[C@@H]2OC)c(Cl)cc1Nc1ncc(C(F)(F)F)c(Oc2cccc3c2C(=O)N(C)C3(C)C)n1.COc1cc(C(=O)N[C@@H]2CCN(C)C[C@@H]2OC)c(F)cc1Nc1ncc(C(F)(F)F)c(Oc2cccc3c2C(=O)N(C)C3)n1. The molecule has 0 unspecified atom stereocenters. The third-order valence-electron chi connectivity index (χ3n) is 24.1. The lowest BCUT2D eigenvalue weighted by molar-refractivity contribution is -0.140. The van der Waals surface area contributed by atoms with E-state index in [1.54, 1.807) is 64.7 Å². The minimum absolute atomic E-state index is 0.00342. The molecule has 6 aromatic carbocycles. The van der Waals surface area contributed by atoms with Crippen molar-refractivity contribution >= 4 is 82.0 Å². The lowest BCUT2D eigenvalue weighted by atomic mass is 9.94. The summed E-state index contributed by atoms with van der Waals surface area (Å²) in [5.41, 5.74) is -3.36. The van der Waals surface area contributed by atoms with Crippen LogP contribution in [0.2, 0.25) is 5.02 Å². The van der Waals surface area contributed by atoms with Gasteiger partial charge in [0.25, 0.3) is 35.4 Å². The summed E-state index contributed by atoms with van der Waals surface area (Å²) in [7, 11) is 17.7. The number of aromatic nitrogens is 6. The first-order valence-electron chi connectivity index (χ1n) is 41.8. The number of hydrogen-bond acceptors (Lipinski definition) is 26. The highest BCUT2D eigenvalue weighted by atomic mass is 35.5. The van der Waals surface area contributed by atoms with Crippen molar-refractivity contribution in [2.24, 2.45) is 0 Å². The maximum Gasteiger partial charge on any atom is 0.423 e. The van der Waals surface area contributed by atoms with Crippen molar-refractivity contribution < 1.29 is 115 Å². The van der Waals surface area contributed by atoms with E-state index in [4.69, 9.17) is 49.5 Å². The van der Waals surface area contributed by atoms with Crippen LogP contribution in [0.15, 0.2) is 110 Å². The second-order valence-electron chi connectivity index (χ2n) is 33.5. The van der Waals surface area contributed by atoms with Gasteiger partial charge in [0.05, 0.1) is 112 Å². The van der Waals surface area contributed by atoms with Gasteiger partial charge < -0.3 is 99.2 Å². The molecule has 3 saturated heterocycles. The number of rotatable bonds is 23. The Balaban J connectivity index is 0.000000170. The summed E-state index contributed by atoms with van der Waals surface area (Å²) in [5, 5.41) is 16.8. The molecular weight excluding hydrogens is 1800 g/mol. The van der Waals surface area contributed by atoms with Crippen LogP contribution in [-0.4, -0.2) is 242 Å². The summed E-state index contributed by atoms with van der Waals surface area (Å²) in [5.74, 6) is -8.42. The number of halogens is 12. The molecule has 0 radical (unpaired) electrons. The number of likely N-dealkylation sites (tertiary alicyclic amines) is 3. The van der Waals surface area contributed by atoms with Crippen LogP contribution in [0.5, 0.6) is 52.1 Å². The first-order valence-corrected chi connectivity index (χ1v) is 42.2. The number of ether oxygens (including phenoxy) is 8. The van der Waals surface area contributed by atoms with Gasteiger partial charge in [-0.05, 0) is 160 Å². The molecule has 3 aromatic heterocycles. The molecular formula is C90H96ClF11N18O14. The molecule has 9 aromatic rings. The molecule has 6 N–H and O–H groups in total. The molecule has 6 aliphatic rings. The Hall–Kier alpha value is -13.1. The summed E-state index contributed by atoms with van der Waals surface area (Å²) >= 11 is 6.51. The number of nitrogens with zero attached hydrogens (tertiary/aromatic N) is 12. The number of carbonyl (C=O) groups is 6. The third-order valence-corrected chi connectivity index (χ3v) is 24.4. The van der Waals surface area contributed by atoms with E-state index in [0.717, 1.165) is 51.2 Å². The van der Waals surface area contributed by atoms with Gasteiger partial charge >= 0.3 is 18.5 Å². The highest BCUT2D eigenvalue weighted by Crippen LogP contribution is 2.49. The van der Waals surface area contributed by atoms with Crippen molar-refractivity contribution in [3.05, 3.63) is 193 Å². The number of benzene rings is 6. The normalized spacial score (nSPS) is 18.4. The first kappa shape index (κ1) is 98.4. The molecule has 15 rings (SSSR count). The fourth-order valence-corrected chi connectivity index (χ4v) is 16.3. The van der Waals surface area contributed by atoms with Crippen LogP contribution < -0.4 is 60.3 Å². The van der Waals surface area contributed by atoms with Crippen LogP contribution in [0, 0.1) is 11.6 Å². The second-order valence-corrected chi connectivity index (χ2v) is 33.9. The number of amides is 6. The van der Waals surface area contributed by atoms with Crippen molar-refractivity contribution in [3.63, 3.8) is 0 Å². The van der Waals surface area contributed by atoms with Crippen LogP contribution in [0.4, 0.5) is 83.2 Å². The Bertz CT molecular complexity index is 5990. The Morgan fingerprint density at radius 3 is 1.17 bits per heavy atom. The van der Waals surface area contributed by atoms with E-state index >= 15 is 8.78 Å². The molecule has 4 atom stereocenters. The van der Waals surface area contributed by atoms with E-state index in [0.29, 0.717) is 61.2 Å². The number of hydrogen-bond donors (Lipinski definition) is 6. The fraction of sp³-hybridized carbons (Fsp3) is 0.400. The van der Waals surface area contributed by atoms with Crippen LogP contribution >= 0.6 is 11.6 Å². The van der Waals surface area contributed by atoms with Crippen LogP contribution in [0.1, 0.15) is 149 Å². The summed E-state index contributed by atoms with van der Waals surface area (Å²) in [6.45, 7) is 11.9. The van der Waals surface area contributed by atoms with Gasteiger partial charge in [0, 0.05) is 91.8 Å². The highest BCUT2D eigenvalue weighted by molar-refractivity contribution is 6.34. The predicted octanol–water partition coefficient (Wildman–Crippen LogP) is 15.0. The number of piperidine rings is 3. The average Bonchev–Trinajstić information content (AvgIpc) is 1.59. The molecule has 6 amide bonds. The molecule has 134 heavy (non-hydrogen) atoms. The number of fused-ring (bicyclic) bond motifs is 3. The van der Waals surface area contributed by atoms with Gasteiger partial charge in [0.15, 0.2) is 0 Å². The number of nitrogens with one attached hydrogen (secondary N) is 6. The summed E-state index contributed by atoms with van der Waals surface area (Å²) in [6.07, 6.45) is -10.8. The minimum atomic E-state index is -4.89. The monoisotopic (exact) mass is 1900 g/mol. The van der Waals surface area contributed by atoms with Crippen molar-refractivity contribution in [2.75, 3.05) is 133 Å². The average molecular weight is 1900 g/mol. The second kappa shape index (κ2) is 39.6. The van der Waals surface area contributed by atoms with Gasteiger partial charge in [0.2, 0.25) is 35.5 Å². The number of anilines is 6. The van der Waals surface area contributed by atoms with Gasteiger partial charge in [-0.1, -0.05) is 48.0 Å². The molecule has 0 saturated carbocycles. The van der Waals surface area contributed by atoms with E-state index in [-0.39, 0.29) is 145 Å². The largest absolute Gasteiger partial charge is 0.495 e. The standard InChI is InChI=1S/C31H34ClF3N6O5.C30H32F4N6O4.C29H30F4N6O5/c1-30(2)17-8-7-9-22(25(17)28(43)41(30)4)46-27-18(31(33,34)35)14-36-29(39-27)38-21-13-19(32)16(12-23(21)44-5)26(42)37-20-10-11-40(3)15-24(20)45-6;1-29(2)18-7-6-8-22(24(18)27(42)40(29)4)44-26-19(30(32,33)34)15-35-28(38-26)37-21-14-20(31)17(13-23(21)43-5)25(41)36-16-9-11-39(3)12-10-16;1-38-9-8-19(23(14-38)43-4)35-25(40)16-10-22(42-3)20(11-18(16)30)36-28-34-12-17(29(31,32)33)26(37-28)44-21-7-5-6-15-13-39(2)27(41)24(15)21/h7-9,12-14,20,24H,10-11,15H2,1-6H3,(H,37,42)(H,36,38,39);6-8,13-16H,9-12H2,1-5H3,(H,36,41)(H,35,37,38);5-7,10-12,19,23H,8-9,13-14H2,1-4H3,(H,35,40)(H,34,36,37)/t20-,24+;;19-,23+/m1.1/s1. The van der Waals surface area contributed by atoms with E-state index < -0.39 is 111 Å². The fourth-order valence-electron chi connectivity index (χ4n) is 16.1. The minimum Gasteiger partial charge on any atom is -0.495 e. The maximum absolute atomic E-state index is 15.3. The van der Waals surface area contributed by atoms with Gasteiger partial charge in [-0.3, -0.25) is 28.8 Å². The molecule has 9 heterocycles. The molecule has 44 heteroatoms. The Morgan fingerprint density at radius 2 is 0.791 bits per heavy atom. The van der Waals surface area contributed by atoms with Gasteiger partial charge in [-0.15, -0.1) is 0 Å². The zero-order chi connectivity index (χ0) is 97.3. The zero-order valence-corrected chi connectivity index (χ0v) is 75.9. The number of carbonyl (C=O) groups excluding carboxylic acids is 6. The molecule has 0 aliphatic carbocycles. The van der Waals surface area contributed by atoms with Crippen molar-refractivity contribution in [2.45, 2.75) is 120 Å². The number of likely N-dealkylation sites (N-methyl/N-ethyl adjacent to an activating group) is 2. The molecule has 0 bridgehead atoms. The topological polar surface area (TPSA) is 345 Å². The number of alkyl halides is 9. The zero-order valence-electron chi connectivity index (χ0n) is 75.2. The molecule has 6 aliphatic heterocycles. The van der Waals surface area contributed by atoms with Crippen molar-refractivity contribution in [1.82, 2.24) is 75.3 Å². The van der Waals surface area contributed by atoms with E-state index in [2.05, 4.69) is 76.5 Å². The van der Waals surface area contributed by atoms with Crippen molar-refractivity contribution in [3.8, 4) is 52.1 Å². The molecule has 0 spiro atoms. The van der Waals surface area contributed by atoms with Gasteiger partial charge in [-0.25, -0.2) is 23.7 Å². The van der Waals surface area contributed by atoms with Crippen LogP contribution in [0.25, 0.3) is 0 Å². The molecule has 714 valence electrons. The summed E-state index contributed by atoms with van der Waals surface area (Å²) < 4.78 is 200. The summed E-state index contributed by atoms with van der Waals surface area (Å²) in [4.78, 5) is 112. The summed E-state index contributed by atoms with van der Waals surface area (Å²) in [6, 6.07) is 20.4. The smallest absolute Gasteiger partial charge is 0.423 e. The van der Waals surface area contributed by atoms with Crippen LogP contribution in [0.3, 0.4) is 0 Å². The van der Waals surface area contributed by atoms with Gasteiger partial charge in [-0.2, -0.15) is 54.5 Å². The Labute approximate surface area is 766 Å². The lowest BCUT2D eigenvalue weighted by Crippen LogP contribution is -2.53. The number of methoxy groups -OCH3 is 5. The van der Waals surface area contributed by atoms with E-state index in [1.807, 2.05) is 48.8 Å². The molecule has 32 nitrogen and oxygen atoms in total. The lowest BCUT2D eigenvalue weighted by Gasteiger charge is -2.36. The Morgan fingerprint density at radius 1 is 0.440 bits per heavy atom. The predicted molar refractivity (Wildman–Crippen MR) is 467 cm³/mol. The Kier molecular flexibility index (Phi) is 29.1. The van der Waals surface area contributed by atoms with Gasteiger partial charge in [0.1, 0.15) is 62.8 Å².